The van der Waals surface area contributed by atoms with Crippen molar-refractivity contribution < 1.29 is 4.79 Å². The molecule has 1 fully saturated rings. The molecule has 150 valence electrons. The first-order valence-corrected chi connectivity index (χ1v) is 11.1. The number of pyridine rings is 1. The standard InChI is InChI=1S/C24H20ClN3OS/c25-23-11-10-22(30-23)21-16-19(18-8-4-5-9-20(18)26-21)24(29)28-14-12-27(13-15-28)17-6-2-1-3-7-17/h1-11,16H,12-15H2. The number of aromatic nitrogens is 1. The highest BCUT2D eigenvalue weighted by atomic mass is 35.5. The fourth-order valence-corrected chi connectivity index (χ4v) is 4.91. The van der Waals surface area contributed by atoms with Crippen LogP contribution in [0.15, 0.2) is 72.8 Å². The van der Waals surface area contributed by atoms with Gasteiger partial charge in [0, 0.05) is 37.3 Å². The first kappa shape index (κ1) is 19.1. The zero-order chi connectivity index (χ0) is 20.5. The van der Waals surface area contributed by atoms with E-state index in [9.17, 15) is 4.79 Å². The van der Waals surface area contributed by atoms with Crippen molar-refractivity contribution in [1.29, 1.82) is 0 Å². The number of benzene rings is 2. The number of fused-ring (bicyclic) bond motifs is 1. The number of thiophene rings is 1. The Morgan fingerprint density at radius 3 is 2.37 bits per heavy atom. The Labute approximate surface area is 184 Å². The average Bonchev–Trinajstić information content (AvgIpc) is 3.25. The van der Waals surface area contributed by atoms with Crippen molar-refractivity contribution in [3.8, 4) is 10.6 Å². The van der Waals surface area contributed by atoms with Gasteiger partial charge in [0.05, 0.1) is 26.0 Å². The van der Waals surface area contributed by atoms with Crippen LogP contribution in [0.1, 0.15) is 10.4 Å². The molecule has 3 heterocycles. The summed E-state index contributed by atoms with van der Waals surface area (Å²) in [7, 11) is 0. The second-order valence-electron chi connectivity index (χ2n) is 7.29. The summed E-state index contributed by atoms with van der Waals surface area (Å²) in [5.74, 6) is 0.0604. The van der Waals surface area contributed by atoms with Gasteiger partial charge in [0.2, 0.25) is 0 Å². The van der Waals surface area contributed by atoms with Crippen molar-refractivity contribution in [2.75, 3.05) is 31.1 Å². The molecule has 30 heavy (non-hydrogen) atoms. The van der Waals surface area contributed by atoms with E-state index < -0.39 is 0 Å². The Morgan fingerprint density at radius 1 is 0.900 bits per heavy atom. The molecular formula is C24H20ClN3OS. The topological polar surface area (TPSA) is 36.4 Å². The van der Waals surface area contributed by atoms with Gasteiger partial charge in [0.15, 0.2) is 0 Å². The van der Waals surface area contributed by atoms with E-state index in [2.05, 4.69) is 17.0 Å². The van der Waals surface area contributed by atoms with Crippen LogP contribution >= 0.6 is 22.9 Å². The predicted molar refractivity (Wildman–Crippen MR) is 125 cm³/mol. The fraction of sp³-hybridized carbons (Fsp3) is 0.167. The Balaban J connectivity index is 1.45. The summed E-state index contributed by atoms with van der Waals surface area (Å²) in [6.45, 7) is 3.05. The Morgan fingerprint density at radius 2 is 1.63 bits per heavy atom. The van der Waals surface area contributed by atoms with E-state index in [1.165, 1.54) is 17.0 Å². The van der Waals surface area contributed by atoms with Crippen molar-refractivity contribution in [3.05, 3.63) is 82.7 Å². The normalized spacial score (nSPS) is 14.3. The highest BCUT2D eigenvalue weighted by Gasteiger charge is 2.24. The molecule has 0 aliphatic carbocycles. The molecule has 0 radical (unpaired) electrons. The van der Waals surface area contributed by atoms with Gasteiger partial charge in [-0.05, 0) is 36.4 Å². The highest BCUT2D eigenvalue weighted by molar-refractivity contribution is 7.19. The SMILES string of the molecule is O=C(c1cc(-c2ccc(Cl)s2)nc2ccccc12)N1CCN(c2ccccc2)CC1. The van der Waals surface area contributed by atoms with Gasteiger partial charge in [0.1, 0.15) is 0 Å². The van der Waals surface area contributed by atoms with Crippen molar-refractivity contribution in [3.63, 3.8) is 0 Å². The summed E-state index contributed by atoms with van der Waals surface area (Å²) in [5, 5.41) is 0.888. The summed E-state index contributed by atoms with van der Waals surface area (Å²) in [5.41, 5.74) is 3.52. The minimum atomic E-state index is 0.0604. The average molecular weight is 434 g/mol. The molecular weight excluding hydrogens is 414 g/mol. The number of amides is 1. The van der Waals surface area contributed by atoms with Crippen LogP contribution in [0, 0.1) is 0 Å². The van der Waals surface area contributed by atoms with Gasteiger partial charge in [0.25, 0.3) is 5.91 Å². The van der Waals surface area contributed by atoms with Crippen molar-refractivity contribution in [2.45, 2.75) is 0 Å². The van der Waals surface area contributed by atoms with Crippen LogP contribution in [0.2, 0.25) is 4.34 Å². The van der Waals surface area contributed by atoms with E-state index in [4.69, 9.17) is 16.6 Å². The predicted octanol–water partition coefficient (Wildman–Crippen LogP) is 5.58. The van der Waals surface area contributed by atoms with Gasteiger partial charge in [-0.1, -0.05) is 48.0 Å². The van der Waals surface area contributed by atoms with Crippen LogP contribution in [-0.4, -0.2) is 42.0 Å². The molecule has 5 rings (SSSR count). The number of para-hydroxylation sites is 2. The van der Waals surface area contributed by atoms with Gasteiger partial charge in [-0.2, -0.15) is 0 Å². The maximum absolute atomic E-state index is 13.5. The molecule has 0 atom stereocenters. The minimum Gasteiger partial charge on any atom is -0.368 e. The van der Waals surface area contributed by atoms with E-state index in [1.54, 1.807) is 0 Å². The molecule has 0 unspecified atom stereocenters. The Kier molecular flexibility index (Phi) is 5.15. The molecule has 6 heteroatoms. The lowest BCUT2D eigenvalue weighted by Gasteiger charge is -2.36. The molecule has 0 bridgehead atoms. The summed E-state index contributed by atoms with van der Waals surface area (Å²) in [6.07, 6.45) is 0. The number of halogens is 1. The monoisotopic (exact) mass is 433 g/mol. The largest absolute Gasteiger partial charge is 0.368 e. The molecule has 4 nitrogen and oxygen atoms in total. The maximum Gasteiger partial charge on any atom is 0.254 e. The minimum absolute atomic E-state index is 0.0604. The third-order valence-electron chi connectivity index (χ3n) is 5.46. The van der Waals surface area contributed by atoms with Gasteiger partial charge >= 0.3 is 0 Å². The first-order valence-electron chi connectivity index (χ1n) is 9.94. The van der Waals surface area contributed by atoms with Crippen LogP contribution in [0.3, 0.4) is 0 Å². The van der Waals surface area contributed by atoms with Crippen molar-refractivity contribution in [1.82, 2.24) is 9.88 Å². The summed E-state index contributed by atoms with van der Waals surface area (Å²) in [6, 6.07) is 23.9. The Bertz CT molecular complexity index is 1200. The third-order valence-corrected chi connectivity index (χ3v) is 6.71. The van der Waals surface area contributed by atoms with Crippen LogP contribution in [0.5, 0.6) is 0 Å². The van der Waals surface area contributed by atoms with E-state index in [0.29, 0.717) is 23.0 Å². The van der Waals surface area contributed by atoms with Crippen LogP contribution in [-0.2, 0) is 0 Å². The third kappa shape index (κ3) is 3.66. The lowest BCUT2D eigenvalue weighted by molar-refractivity contribution is 0.0748. The summed E-state index contributed by atoms with van der Waals surface area (Å²) < 4.78 is 0.713. The zero-order valence-corrected chi connectivity index (χ0v) is 17.9. The number of carbonyl (C=O) groups is 1. The number of rotatable bonds is 3. The van der Waals surface area contributed by atoms with Crippen LogP contribution in [0.4, 0.5) is 5.69 Å². The Hall–Kier alpha value is -2.89. The summed E-state index contributed by atoms with van der Waals surface area (Å²) >= 11 is 7.60. The smallest absolute Gasteiger partial charge is 0.254 e. The van der Waals surface area contributed by atoms with Gasteiger partial charge in [-0.25, -0.2) is 4.98 Å². The van der Waals surface area contributed by atoms with Crippen LogP contribution < -0.4 is 4.90 Å². The second-order valence-corrected chi connectivity index (χ2v) is 9.01. The molecule has 2 aromatic heterocycles. The molecule has 4 aromatic rings. The lowest BCUT2D eigenvalue weighted by atomic mass is 10.1. The lowest BCUT2D eigenvalue weighted by Crippen LogP contribution is -2.48. The molecule has 2 aromatic carbocycles. The molecule has 0 spiro atoms. The zero-order valence-electron chi connectivity index (χ0n) is 16.3. The molecule has 0 saturated carbocycles. The number of piperazine rings is 1. The number of hydrogen-bond donors (Lipinski definition) is 0. The molecule has 1 saturated heterocycles. The molecule has 0 N–H and O–H groups in total. The van der Waals surface area contributed by atoms with E-state index in [0.717, 1.165) is 34.6 Å². The number of carbonyl (C=O) groups excluding carboxylic acids is 1. The van der Waals surface area contributed by atoms with Crippen LogP contribution in [0.25, 0.3) is 21.5 Å². The molecule has 1 amide bonds. The first-order chi connectivity index (χ1) is 14.7. The summed E-state index contributed by atoms with van der Waals surface area (Å²) in [4.78, 5) is 23.5. The molecule has 1 aliphatic rings. The van der Waals surface area contributed by atoms with E-state index in [1.807, 2.05) is 65.6 Å². The highest BCUT2D eigenvalue weighted by Crippen LogP contribution is 2.32. The van der Waals surface area contributed by atoms with Gasteiger partial charge < -0.3 is 9.80 Å². The van der Waals surface area contributed by atoms with Crippen molar-refractivity contribution >= 4 is 45.4 Å². The maximum atomic E-state index is 13.5. The van der Waals surface area contributed by atoms with E-state index >= 15 is 0 Å². The number of anilines is 1. The van der Waals surface area contributed by atoms with Gasteiger partial charge in [-0.3, -0.25) is 4.79 Å². The fourth-order valence-electron chi connectivity index (χ4n) is 3.91. The number of hydrogen-bond acceptors (Lipinski definition) is 4. The quantitative estimate of drug-likeness (QED) is 0.423. The van der Waals surface area contributed by atoms with E-state index in [-0.39, 0.29) is 5.91 Å². The van der Waals surface area contributed by atoms with Crippen molar-refractivity contribution in [2.24, 2.45) is 0 Å². The van der Waals surface area contributed by atoms with Gasteiger partial charge in [-0.15, -0.1) is 11.3 Å². The molecule has 1 aliphatic heterocycles. The second kappa shape index (κ2) is 8.09. The number of nitrogens with zero attached hydrogens (tertiary/aromatic N) is 3.